The molecular formula is C16H24N2. The molecule has 2 aliphatic carbocycles. The zero-order chi connectivity index (χ0) is 12.4. The Hall–Kier alpha value is -0.890. The second-order valence-corrected chi connectivity index (χ2v) is 6.24. The zero-order valence-corrected chi connectivity index (χ0v) is 11.4. The van der Waals surface area contributed by atoms with E-state index in [1.807, 2.05) is 6.20 Å². The van der Waals surface area contributed by atoms with E-state index in [1.54, 1.807) is 0 Å². The van der Waals surface area contributed by atoms with Crippen molar-refractivity contribution >= 4 is 0 Å². The van der Waals surface area contributed by atoms with E-state index in [0.717, 1.165) is 18.5 Å². The Balaban J connectivity index is 1.68. The van der Waals surface area contributed by atoms with Gasteiger partial charge in [-0.2, -0.15) is 0 Å². The zero-order valence-electron chi connectivity index (χ0n) is 11.4. The van der Waals surface area contributed by atoms with Gasteiger partial charge in [-0.1, -0.05) is 25.8 Å². The third kappa shape index (κ3) is 2.44. The molecule has 0 aromatic carbocycles. The van der Waals surface area contributed by atoms with Gasteiger partial charge in [0, 0.05) is 30.4 Å². The topological polar surface area (TPSA) is 24.9 Å². The van der Waals surface area contributed by atoms with Gasteiger partial charge in [0.15, 0.2) is 0 Å². The van der Waals surface area contributed by atoms with Crippen LogP contribution in [0.4, 0.5) is 0 Å². The average molecular weight is 244 g/mol. The summed E-state index contributed by atoms with van der Waals surface area (Å²) in [6.07, 6.45) is 12.1. The van der Waals surface area contributed by atoms with Gasteiger partial charge in [-0.25, -0.2) is 0 Å². The van der Waals surface area contributed by atoms with Gasteiger partial charge in [-0.15, -0.1) is 0 Å². The molecule has 0 radical (unpaired) electrons. The van der Waals surface area contributed by atoms with Crippen LogP contribution in [0.5, 0.6) is 0 Å². The van der Waals surface area contributed by atoms with Gasteiger partial charge < -0.3 is 5.32 Å². The Morgan fingerprint density at radius 3 is 2.83 bits per heavy atom. The Labute approximate surface area is 110 Å². The van der Waals surface area contributed by atoms with Crippen molar-refractivity contribution in [2.45, 2.75) is 56.9 Å². The van der Waals surface area contributed by atoms with E-state index in [9.17, 15) is 0 Å². The summed E-state index contributed by atoms with van der Waals surface area (Å²) < 4.78 is 0. The molecule has 1 heterocycles. The molecule has 2 fully saturated rings. The highest BCUT2D eigenvalue weighted by Gasteiger charge is 2.45. The number of hydrogen-bond donors (Lipinski definition) is 1. The predicted octanol–water partition coefficient (Wildman–Crippen LogP) is 3.28. The van der Waals surface area contributed by atoms with Crippen LogP contribution in [0.25, 0.3) is 0 Å². The fourth-order valence-electron chi connectivity index (χ4n) is 3.44. The Morgan fingerprint density at radius 2 is 2.22 bits per heavy atom. The van der Waals surface area contributed by atoms with E-state index in [0.29, 0.717) is 5.41 Å². The lowest BCUT2D eigenvalue weighted by molar-refractivity contribution is 0.128. The smallest absolute Gasteiger partial charge is 0.0306 e. The minimum absolute atomic E-state index is 0.386. The van der Waals surface area contributed by atoms with Gasteiger partial charge in [-0.05, 0) is 43.2 Å². The molecule has 2 aliphatic rings. The van der Waals surface area contributed by atoms with Gasteiger partial charge >= 0.3 is 0 Å². The van der Waals surface area contributed by atoms with E-state index in [1.165, 1.54) is 44.1 Å². The third-order valence-corrected chi connectivity index (χ3v) is 4.64. The van der Waals surface area contributed by atoms with Gasteiger partial charge in [-0.3, -0.25) is 4.98 Å². The van der Waals surface area contributed by atoms with E-state index in [2.05, 4.69) is 35.6 Å². The van der Waals surface area contributed by atoms with Crippen molar-refractivity contribution < 1.29 is 0 Å². The number of pyridine rings is 1. The van der Waals surface area contributed by atoms with Crippen LogP contribution >= 0.6 is 0 Å². The Kier molecular flexibility index (Phi) is 3.38. The molecule has 1 N–H and O–H groups in total. The van der Waals surface area contributed by atoms with Crippen LogP contribution in [-0.2, 0) is 5.41 Å². The number of nitrogens with one attached hydrogen (secondary N) is 1. The van der Waals surface area contributed by atoms with Crippen LogP contribution in [0.2, 0.25) is 0 Å². The standard InChI is InChI=1S/C16H24N2/c1-2-4-13-9-16(10-13,12-18-15-6-7-15)14-5-3-8-17-11-14/h3,5,8,11,13,15,18H,2,4,6-7,9-10,12H2,1H3. The largest absolute Gasteiger partial charge is 0.313 e. The molecule has 2 saturated carbocycles. The van der Waals surface area contributed by atoms with Crippen molar-refractivity contribution in [2.24, 2.45) is 5.92 Å². The number of rotatable bonds is 6. The number of nitrogens with zero attached hydrogens (tertiary/aromatic N) is 1. The minimum atomic E-state index is 0.386. The molecule has 0 saturated heterocycles. The first-order valence-corrected chi connectivity index (χ1v) is 7.46. The fraction of sp³-hybridized carbons (Fsp3) is 0.688. The van der Waals surface area contributed by atoms with Crippen molar-refractivity contribution in [3.63, 3.8) is 0 Å². The Morgan fingerprint density at radius 1 is 1.39 bits per heavy atom. The molecule has 0 bridgehead atoms. The summed E-state index contributed by atoms with van der Waals surface area (Å²) in [6.45, 7) is 3.45. The van der Waals surface area contributed by atoms with E-state index >= 15 is 0 Å². The number of aromatic nitrogens is 1. The van der Waals surface area contributed by atoms with Crippen molar-refractivity contribution in [1.82, 2.24) is 10.3 Å². The summed E-state index contributed by atoms with van der Waals surface area (Å²) >= 11 is 0. The molecule has 2 nitrogen and oxygen atoms in total. The van der Waals surface area contributed by atoms with Gasteiger partial charge in [0.25, 0.3) is 0 Å². The van der Waals surface area contributed by atoms with Crippen LogP contribution in [0, 0.1) is 5.92 Å². The predicted molar refractivity (Wildman–Crippen MR) is 74.6 cm³/mol. The monoisotopic (exact) mass is 244 g/mol. The average Bonchev–Trinajstić information content (AvgIpc) is 3.17. The summed E-state index contributed by atoms with van der Waals surface area (Å²) in [4.78, 5) is 4.32. The van der Waals surface area contributed by atoms with Gasteiger partial charge in [0.05, 0.1) is 0 Å². The van der Waals surface area contributed by atoms with Crippen molar-refractivity contribution in [3.05, 3.63) is 30.1 Å². The van der Waals surface area contributed by atoms with E-state index in [4.69, 9.17) is 0 Å². The summed E-state index contributed by atoms with van der Waals surface area (Å²) in [5.41, 5.74) is 1.84. The van der Waals surface area contributed by atoms with Crippen molar-refractivity contribution in [2.75, 3.05) is 6.54 Å². The van der Waals surface area contributed by atoms with Crippen LogP contribution < -0.4 is 5.32 Å². The lowest BCUT2D eigenvalue weighted by Crippen LogP contribution is -2.49. The second-order valence-electron chi connectivity index (χ2n) is 6.24. The molecule has 0 unspecified atom stereocenters. The highest BCUT2D eigenvalue weighted by molar-refractivity contribution is 5.27. The van der Waals surface area contributed by atoms with Gasteiger partial charge in [0.1, 0.15) is 0 Å². The van der Waals surface area contributed by atoms with Crippen LogP contribution in [0.1, 0.15) is 51.0 Å². The summed E-state index contributed by atoms with van der Waals surface area (Å²) in [5, 5.41) is 3.73. The van der Waals surface area contributed by atoms with Crippen molar-refractivity contribution in [3.8, 4) is 0 Å². The Bertz CT molecular complexity index is 377. The molecule has 2 heteroatoms. The molecule has 1 aromatic rings. The van der Waals surface area contributed by atoms with Gasteiger partial charge in [0.2, 0.25) is 0 Å². The van der Waals surface area contributed by atoms with Crippen LogP contribution in [0.15, 0.2) is 24.5 Å². The molecule has 1 aromatic heterocycles. The van der Waals surface area contributed by atoms with Crippen LogP contribution in [-0.4, -0.2) is 17.6 Å². The molecule has 0 aliphatic heterocycles. The van der Waals surface area contributed by atoms with Crippen LogP contribution in [0.3, 0.4) is 0 Å². The molecule has 0 spiro atoms. The summed E-state index contributed by atoms with van der Waals surface area (Å²) in [6, 6.07) is 5.16. The quantitative estimate of drug-likeness (QED) is 0.830. The fourth-order valence-corrected chi connectivity index (χ4v) is 3.44. The third-order valence-electron chi connectivity index (χ3n) is 4.64. The first kappa shape index (κ1) is 12.2. The van der Waals surface area contributed by atoms with E-state index < -0.39 is 0 Å². The highest BCUT2D eigenvalue weighted by atomic mass is 15.0. The van der Waals surface area contributed by atoms with Crippen molar-refractivity contribution in [1.29, 1.82) is 0 Å². The molecule has 0 atom stereocenters. The minimum Gasteiger partial charge on any atom is -0.313 e. The maximum absolute atomic E-state index is 4.32. The summed E-state index contributed by atoms with van der Waals surface area (Å²) in [5.74, 6) is 0.941. The SMILES string of the molecule is CCCC1CC(CNC2CC2)(c2cccnc2)C1. The van der Waals surface area contributed by atoms with E-state index in [-0.39, 0.29) is 0 Å². The normalized spacial score (nSPS) is 31.1. The lowest BCUT2D eigenvalue weighted by Gasteiger charge is -2.48. The first-order valence-electron chi connectivity index (χ1n) is 7.46. The molecular weight excluding hydrogens is 220 g/mol. The highest BCUT2D eigenvalue weighted by Crippen LogP contribution is 2.49. The molecule has 3 rings (SSSR count). The first-order chi connectivity index (χ1) is 8.82. The molecule has 0 amide bonds. The summed E-state index contributed by atoms with van der Waals surface area (Å²) in [7, 11) is 0. The molecule has 98 valence electrons. The second kappa shape index (κ2) is 5.00. The number of hydrogen-bond acceptors (Lipinski definition) is 2. The lowest BCUT2D eigenvalue weighted by atomic mass is 9.58. The maximum atomic E-state index is 4.32. The maximum Gasteiger partial charge on any atom is 0.0306 e. The molecule has 18 heavy (non-hydrogen) atoms.